The molecule has 24 heavy (non-hydrogen) atoms. The Balaban J connectivity index is 0.00000288. The van der Waals surface area contributed by atoms with Crippen LogP contribution in [0.25, 0.3) is 0 Å². The molecule has 0 spiro atoms. The van der Waals surface area contributed by atoms with E-state index in [-0.39, 0.29) is 30.3 Å². The van der Waals surface area contributed by atoms with Crippen LogP contribution in [0.15, 0.2) is 24.3 Å². The summed E-state index contributed by atoms with van der Waals surface area (Å²) in [6, 6.07) is 4.54. The van der Waals surface area contributed by atoms with Crippen molar-refractivity contribution in [1.82, 2.24) is 10.6 Å². The van der Waals surface area contributed by atoms with E-state index in [0.29, 0.717) is 18.0 Å². The van der Waals surface area contributed by atoms with Gasteiger partial charge in [0, 0.05) is 18.2 Å². The Kier molecular flexibility index (Phi) is 7.63. The molecule has 0 aromatic heterocycles. The molecule has 0 heterocycles. The third kappa shape index (κ3) is 5.46. The van der Waals surface area contributed by atoms with Crippen LogP contribution in [-0.4, -0.2) is 30.4 Å². The molecular weight excluding hydrogens is 333 g/mol. The summed E-state index contributed by atoms with van der Waals surface area (Å²) < 4.78 is 12.9. The molecule has 2 unspecified atom stereocenters. The van der Waals surface area contributed by atoms with Gasteiger partial charge in [0.05, 0.1) is 0 Å². The minimum absolute atomic E-state index is 0. The van der Waals surface area contributed by atoms with Gasteiger partial charge in [0.25, 0.3) is 5.91 Å². The average molecular weight is 358 g/mol. The van der Waals surface area contributed by atoms with Gasteiger partial charge in [-0.25, -0.2) is 4.39 Å². The Labute approximate surface area is 148 Å². The molecule has 2 amide bonds. The van der Waals surface area contributed by atoms with Gasteiger partial charge in [-0.3, -0.25) is 9.59 Å². The first-order valence-electron chi connectivity index (χ1n) is 7.99. The molecule has 1 saturated carbocycles. The largest absolute Gasteiger partial charge is 0.350 e. The second-order valence-corrected chi connectivity index (χ2v) is 6.39. The number of carbonyl (C=O) groups is 2. The molecule has 1 fully saturated rings. The number of halogens is 2. The number of carbonyl (C=O) groups excluding carboxylic acids is 2. The molecule has 2 atom stereocenters. The van der Waals surface area contributed by atoms with Gasteiger partial charge in [-0.2, -0.15) is 0 Å². The Hall–Kier alpha value is -1.66. The van der Waals surface area contributed by atoms with Crippen LogP contribution in [0.1, 0.15) is 37.0 Å². The van der Waals surface area contributed by atoms with Crippen molar-refractivity contribution in [3.8, 4) is 0 Å². The van der Waals surface area contributed by atoms with Gasteiger partial charge in [-0.15, -0.1) is 12.4 Å². The Morgan fingerprint density at radius 1 is 1.21 bits per heavy atom. The first-order valence-corrected chi connectivity index (χ1v) is 7.99. The second kappa shape index (κ2) is 8.99. The molecule has 0 aliphatic heterocycles. The van der Waals surface area contributed by atoms with Crippen molar-refractivity contribution in [2.24, 2.45) is 17.6 Å². The summed E-state index contributed by atoms with van der Waals surface area (Å²) in [5, 5.41) is 5.66. The molecular formula is C17H25ClFN3O2. The maximum atomic E-state index is 12.9. The van der Waals surface area contributed by atoms with Gasteiger partial charge >= 0.3 is 0 Å². The molecule has 1 aromatic carbocycles. The predicted octanol–water partition coefficient (Wildman–Crippen LogP) is 1.86. The lowest BCUT2D eigenvalue weighted by molar-refractivity contribution is -0.124. The van der Waals surface area contributed by atoms with Crippen molar-refractivity contribution in [1.29, 1.82) is 0 Å². The van der Waals surface area contributed by atoms with Crippen LogP contribution in [0.4, 0.5) is 4.39 Å². The first-order chi connectivity index (χ1) is 10.9. The van der Waals surface area contributed by atoms with Crippen LogP contribution in [0.2, 0.25) is 0 Å². The third-order valence-electron chi connectivity index (χ3n) is 4.11. The van der Waals surface area contributed by atoms with E-state index in [0.717, 1.165) is 12.8 Å². The van der Waals surface area contributed by atoms with E-state index in [9.17, 15) is 14.0 Å². The molecule has 2 rings (SSSR count). The molecule has 1 aromatic rings. The topological polar surface area (TPSA) is 84.2 Å². The fourth-order valence-electron chi connectivity index (χ4n) is 2.50. The van der Waals surface area contributed by atoms with Crippen molar-refractivity contribution in [3.63, 3.8) is 0 Å². The third-order valence-corrected chi connectivity index (χ3v) is 4.11. The lowest BCUT2D eigenvalue weighted by Crippen LogP contribution is -2.54. The average Bonchev–Trinajstić information content (AvgIpc) is 3.34. The van der Waals surface area contributed by atoms with E-state index in [1.165, 1.54) is 24.3 Å². The van der Waals surface area contributed by atoms with Crippen molar-refractivity contribution >= 4 is 24.2 Å². The van der Waals surface area contributed by atoms with Gasteiger partial charge < -0.3 is 16.4 Å². The molecule has 0 saturated heterocycles. The number of rotatable bonds is 7. The summed E-state index contributed by atoms with van der Waals surface area (Å²) in [6.45, 7) is 4.13. The minimum Gasteiger partial charge on any atom is -0.350 e. The summed E-state index contributed by atoms with van der Waals surface area (Å²) in [5.41, 5.74) is 6.03. The zero-order chi connectivity index (χ0) is 17.0. The van der Waals surface area contributed by atoms with Gasteiger partial charge in [0.15, 0.2) is 0 Å². The standard InChI is InChI=1S/C17H24FN3O2.ClH/c1-10(2)15(17(23)20-14(9-19)11-3-4-11)21-16(22)12-5-7-13(18)8-6-12;/h5-8,10-11,14-15H,3-4,9,19H2,1-2H3,(H,20,23)(H,21,22);1H. The number of nitrogens with two attached hydrogens (primary N) is 1. The maximum absolute atomic E-state index is 12.9. The zero-order valence-corrected chi connectivity index (χ0v) is 14.7. The van der Waals surface area contributed by atoms with Gasteiger partial charge in [0.2, 0.25) is 5.91 Å². The molecule has 1 aliphatic carbocycles. The number of benzene rings is 1. The number of nitrogens with one attached hydrogen (secondary N) is 2. The van der Waals surface area contributed by atoms with Gasteiger partial charge in [-0.1, -0.05) is 13.8 Å². The van der Waals surface area contributed by atoms with Crippen molar-refractivity contribution in [3.05, 3.63) is 35.6 Å². The number of hydrogen-bond donors (Lipinski definition) is 3. The highest BCUT2D eigenvalue weighted by molar-refractivity contribution is 5.97. The van der Waals surface area contributed by atoms with Crippen LogP contribution in [-0.2, 0) is 4.79 Å². The van der Waals surface area contributed by atoms with E-state index in [1.807, 2.05) is 13.8 Å². The predicted molar refractivity (Wildman–Crippen MR) is 93.4 cm³/mol. The van der Waals surface area contributed by atoms with Crippen LogP contribution in [0.5, 0.6) is 0 Å². The molecule has 0 radical (unpaired) electrons. The highest BCUT2D eigenvalue weighted by atomic mass is 35.5. The van der Waals surface area contributed by atoms with Crippen LogP contribution < -0.4 is 16.4 Å². The van der Waals surface area contributed by atoms with Crippen molar-refractivity contribution in [2.75, 3.05) is 6.54 Å². The van der Waals surface area contributed by atoms with Crippen LogP contribution in [0.3, 0.4) is 0 Å². The van der Waals surface area contributed by atoms with Crippen LogP contribution >= 0.6 is 12.4 Å². The van der Waals surface area contributed by atoms with Gasteiger partial charge in [0.1, 0.15) is 11.9 Å². The van der Waals surface area contributed by atoms with E-state index in [4.69, 9.17) is 5.73 Å². The lowest BCUT2D eigenvalue weighted by Gasteiger charge is -2.25. The zero-order valence-electron chi connectivity index (χ0n) is 13.9. The van der Waals surface area contributed by atoms with E-state index in [1.54, 1.807) is 0 Å². The normalized spacial score (nSPS) is 16.0. The molecule has 1 aliphatic rings. The summed E-state index contributed by atoms with van der Waals surface area (Å²) in [4.78, 5) is 24.7. The molecule has 0 bridgehead atoms. The van der Waals surface area contributed by atoms with Crippen LogP contribution in [0, 0.1) is 17.7 Å². The highest BCUT2D eigenvalue weighted by Crippen LogP contribution is 2.32. The van der Waals surface area contributed by atoms with Crippen molar-refractivity contribution < 1.29 is 14.0 Å². The minimum atomic E-state index is -0.652. The Morgan fingerprint density at radius 3 is 2.25 bits per heavy atom. The monoisotopic (exact) mass is 357 g/mol. The number of hydrogen-bond acceptors (Lipinski definition) is 3. The number of amides is 2. The Bertz CT molecular complexity index is 561. The SMILES string of the molecule is CC(C)C(NC(=O)c1ccc(F)cc1)C(=O)NC(CN)C1CC1.Cl. The van der Waals surface area contributed by atoms with E-state index in [2.05, 4.69) is 10.6 Å². The quantitative estimate of drug-likeness (QED) is 0.696. The first kappa shape index (κ1) is 20.4. The molecule has 5 nitrogen and oxygen atoms in total. The Morgan fingerprint density at radius 2 is 1.79 bits per heavy atom. The second-order valence-electron chi connectivity index (χ2n) is 6.39. The fraction of sp³-hybridized carbons (Fsp3) is 0.529. The smallest absolute Gasteiger partial charge is 0.251 e. The lowest BCUT2D eigenvalue weighted by atomic mass is 10.0. The summed E-state index contributed by atoms with van der Waals surface area (Å²) in [6.07, 6.45) is 2.16. The summed E-state index contributed by atoms with van der Waals surface area (Å²) >= 11 is 0. The van der Waals surface area contributed by atoms with E-state index >= 15 is 0 Å². The molecule has 4 N–H and O–H groups in total. The molecule has 7 heteroatoms. The summed E-state index contributed by atoms with van der Waals surface area (Å²) in [7, 11) is 0. The molecule has 134 valence electrons. The fourth-order valence-corrected chi connectivity index (χ4v) is 2.50. The highest BCUT2D eigenvalue weighted by Gasteiger charge is 2.33. The maximum Gasteiger partial charge on any atom is 0.251 e. The van der Waals surface area contributed by atoms with Crippen molar-refractivity contribution in [2.45, 2.75) is 38.8 Å². The van der Waals surface area contributed by atoms with Gasteiger partial charge in [-0.05, 0) is 48.9 Å². The summed E-state index contributed by atoms with van der Waals surface area (Å²) in [5.74, 6) is -0.649. The van der Waals surface area contributed by atoms with E-state index < -0.39 is 17.8 Å².